The molecule has 26 heteroatoms. The lowest BCUT2D eigenvalue weighted by Crippen LogP contribution is -2.46. The van der Waals surface area contributed by atoms with Crippen LogP contribution in [0.4, 0.5) is 38.0 Å². The van der Waals surface area contributed by atoms with Crippen LogP contribution < -0.4 is 16.8 Å². The molecule has 20 nitrogen and oxygen atoms in total. The summed E-state index contributed by atoms with van der Waals surface area (Å²) in [4.78, 5) is 61.4. The van der Waals surface area contributed by atoms with Gasteiger partial charge < -0.3 is 31.9 Å². The average Bonchev–Trinajstić information content (AvgIpc) is 4.22. The Hall–Kier alpha value is -7.45. The maximum Gasteiger partial charge on any atom is 0.420 e. The van der Waals surface area contributed by atoms with Crippen LogP contribution in [0.1, 0.15) is 143 Å². The number of carbonyl (C=O) groups excluding carboxylic acids is 3. The molecule has 11 heterocycles. The number of aromatic nitrogens is 11. The van der Waals surface area contributed by atoms with Crippen LogP contribution in [-0.4, -0.2) is 123 Å². The molecule has 1 amide bonds. The third-order valence-corrected chi connectivity index (χ3v) is 14.3. The Balaban J connectivity index is 0.000000171. The molecule has 0 aromatic carbocycles. The van der Waals surface area contributed by atoms with E-state index < -0.39 is 35.9 Å². The quantitative estimate of drug-likeness (QED) is 0.0713. The fraction of sp³-hybridized carbons (Fsp3) is 0.426. The van der Waals surface area contributed by atoms with Crippen molar-refractivity contribution in [1.82, 2.24) is 64.6 Å². The zero-order valence-electron chi connectivity index (χ0n) is 38.9. The number of aromatic amines is 1. The monoisotopic (exact) mass is 1020 g/mol. The van der Waals surface area contributed by atoms with E-state index >= 15 is 0 Å². The molecular weight excluding hydrogens is 969 g/mol. The highest BCUT2D eigenvalue weighted by Crippen LogP contribution is 2.46. The maximum atomic E-state index is 13.1. The van der Waals surface area contributed by atoms with E-state index in [1.54, 1.807) is 0 Å². The molecule has 382 valence electrons. The fourth-order valence-electron chi connectivity index (χ4n) is 11.0. The molecule has 0 radical (unpaired) electrons. The first-order valence-corrected chi connectivity index (χ1v) is 23.4. The Morgan fingerprint density at radius 2 is 1.11 bits per heavy atom. The molecule has 0 spiro atoms. The summed E-state index contributed by atoms with van der Waals surface area (Å²) in [5, 5.41) is 37.5. The number of hydrogen-bond donors (Lipinski definition) is 6. The van der Waals surface area contributed by atoms with Crippen molar-refractivity contribution in [2.75, 3.05) is 11.5 Å². The van der Waals surface area contributed by atoms with Gasteiger partial charge in [0.25, 0.3) is 5.91 Å². The van der Waals surface area contributed by atoms with E-state index in [4.69, 9.17) is 21.4 Å². The number of alkyl halides is 6. The number of nitrogens with two attached hydrogens (primary N) is 2. The highest BCUT2D eigenvalue weighted by atomic mass is 19.4. The number of nitrogens with zero attached hydrogens (tertiary/aromatic N) is 11. The van der Waals surface area contributed by atoms with E-state index in [9.17, 15) is 50.9 Å². The summed E-state index contributed by atoms with van der Waals surface area (Å²) in [7, 11) is 0. The molecule has 8 N–H and O–H groups in total. The molecule has 4 bridgehead atoms. The largest absolute Gasteiger partial charge is 0.420 e. The first kappa shape index (κ1) is 49.1. The zero-order chi connectivity index (χ0) is 51.8. The van der Waals surface area contributed by atoms with Crippen molar-refractivity contribution in [1.29, 1.82) is 0 Å². The first-order chi connectivity index (χ1) is 34.7. The van der Waals surface area contributed by atoms with Crippen molar-refractivity contribution in [2.24, 2.45) is 0 Å². The van der Waals surface area contributed by atoms with Gasteiger partial charge in [0.05, 0.1) is 46.3 Å². The minimum Gasteiger partial charge on any atom is -0.383 e. The lowest BCUT2D eigenvalue weighted by Gasteiger charge is -2.38. The number of hydrogen-bond acceptors (Lipinski definition) is 16. The second-order valence-corrected chi connectivity index (χ2v) is 19.0. The summed E-state index contributed by atoms with van der Waals surface area (Å²) < 4.78 is 79.8. The van der Waals surface area contributed by atoms with Gasteiger partial charge in [0.2, 0.25) is 5.82 Å². The van der Waals surface area contributed by atoms with Gasteiger partial charge in [-0.3, -0.25) is 29.5 Å². The first-order valence-electron chi connectivity index (χ1n) is 23.4. The summed E-state index contributed by atoms with van der Waals surface area (Å²) in [6, 6.07) is 5.62. The molecule has 4 aliphatic heterocycles. The molecule has 7 aromatic rings. The molecule has 4 saturated heterocycles. The van der Waals surface area contributed by atoms with Gasteiger partial charge in [0, 0.05) is 70.7 Å². The summed E-state index contributed by atoms with van der Waals surface area (Å²) in [5.74, 6) is -0.323. The van der Waals surface area contributed by atoms with Crippen LogP contribution in [0.25, 0.3) is 33.5 Å². The predicted molar refractivity (Wildman–Crippen MR) is 247 cm³/mol. The second kappa shape index (κ2) is 18.5. The van der Waals surface area contributed by atoms with Gasteiger partial charge in [0.15, 0.2) is 35.1 Å². The van der Waals surface area contributed by atoms with Crippen LogP contribution in [0, 0.1) is 0 Å². The van der Waals surface area contributed by atoms with Crippen molar-refractivity contribution < 1.29 is 50.9 Å². The van der Waals surface area contributed by atoms with E-state index in [1.165, 1.54) is 66.1 Å². The van der Waals surface area contributed by atoms with Gasteiger partial charge >= 0.3 is 12.4 Å². The Bertz CT molecular complexity index is 3230. The molecule has 11 rings (SSSR count). The van der Waals surface area contributed by atoms with Gasteiger partial charge in [-0.15, -0.1) is 0 Å². The van der Waals surface area contributed by atoms with Gasteiger partial charge in [-0.05, 0) is 77.3 Å². The molecule has 4 unspecified atom stereocenters. The van der Waals surface area contributed by atoms with Crippen LogP contribution in [-0.2, 0) is 0 Å². The number of nitrogens with one attached hydrogen (secondary N) is 2. The van der Waals surface area contributed by atoms with E-state index in [1.807, 2.05) is 4.90 Å². The number of H-pyrrole nitrogens is 1. The predicted octanol–water partition coefficient (Wildman–Crippen LogP) is 6.01. The minimum absolute atomic E-state index is 0.0696. The highest BCUT2D eigenvalue weighted by Gasteiger charge is 2.46. The van der Waals surface area contributed by atoms with Crippen molar-refractivity contribution in [3.8, 4) is 22.3 Å². The van der Waals surface area contributed by atoms with Crippen LogP contribution in [0.5, 0.6) is 0 Å². The topological polar surface area (TPSA) is 287 Å². The average molecular weight is 1020 g/mol. The lowest BCUT2D eigenvalue weighted by atomic mass is 9.85. The maximum absolute atomic E-state index is 13.1. The number of piperidine rings is 2. The molecule has 4 aliphatic rings. The van der Waals surface area contributed by atoms with Crippen LogP contribution >= 0.6 is 0 Å². The summed E-state index contributed by atoms with van der Waals surface area (Å²) in [6.45, 7) is 2.86. The number of Topliss-reactive ketones (excluding diaryl/α,β-unsaturated/α-hetero) is 2. The van der Waals surface area contributed by atoms with Crippen LogP contribution in [0.2, 0.25) is 0 Å². The minimum atomic E-state index is -4.85. The third-order valence-electron chi connectivity index (χ3n) is 14.3. The number of carbonyl (C=O) groups is 3. The number of pyridine rings is 2. The number of ketones is 2. The fourth-order valence-corrected chi connectivity index (χ4v) is 11.0. The number of rotatable bonds is 9. The second-order valence-electron chi connectivity index (χ2n) is 19.0. The zero-order valence-corrected chi connectivity index (χ0v) is 38.9. The normalized spacial score (nSPS) is 22.6. The number of fused-ring (bicyclic) bond motifs is 6. The Morgan fingerprint density at radius 1 is 0.658 bits per heavy atom. The van der Waals surface area contributed by atoms with Crippen molar-refractivity contribution in [3.63, 3.8) is 0 Å². The molecule has 0 aliphatic carbocycles. The molecule has 8 atom stereocenters. The number of anilines is 2. The van der Waals surface area contributed by atoms with Crippen molar-refractivity contribution >= 4 is 40.4 Å². The van der Waals surface area contributed by atoms with Crippen LogP contribution in [0.3, 0.4) is 0 Å². The molecule has 0 saturated carbocycles. The molecule has 73 heavy (non-hydrogen) atoms. The van der Waals surface area contributed by atoms with E-state index in [-0.39, 0.29) is 64.4 Å². The van der Waals surface area contributed by atoms with Gasteiger partial charge in [-0.25, -0.2) is 15.0 Å². The number of aliphatic hydroxyl groups excluding tert-OH is 2. The number of halogens is 6. The highest BCUT2D eigenvalue weighted by molar-refractivity contribution is 6.01. The van der Waals surface area contributed by atoms with Gasteiger partial charge in [0.1, 0.15) is 18.0 Å². The Kier molecular flexibility index (Phi) is 12.5. The summed E-state index contributed by atoms with van der Waals surface area (Å²) >= 11 is 0. The van der Waals surface area contributed by atoms with E-state index in [0.29, 0.717) is 75.4 Å². The third kappa shape index (κ3) is 9.00. The van der Waals surface area contributed by atoms with Crippen LogP contribution in [0.15, 0.2) is 55.4 Å². The van der Waals surface area contributed by atoms with Gasteiger partial charge in [-0.1, -0.05) is 12.1 Å². The van der Waals surface area contributed by atoms with Crippen molar-refractivity contribution in [2.45, 2.75) is 126 Å². The summed E-state index contributed by atoms with van der Waals surface area (Å²) in [5.41, 5.74) is 16.1. The SMILES string of the molecule is CC(=O)c1c(C2C[C@H]3CC[C@@H](C2)N3)nc2c(-c3ccc(C(O)C(F)(F)F)nc3)cnn2c1N.CC(=O)c1c(C2C[C@H]3CC[C@@H](C2)N3C(=O)c2ncn[nH]2)nc2c(-c3ccc(C(O)C(F)(F)F)nc3)cnn2c1N. The van der Waals surface area contributed by atoms with E-state index in [0.717, 1.165) is 50.7 Å². The lowest BCUT2D eigenvalue weighted by molar-refractivity contribution is -0.208. The molecule has 4 fully saturated rings. The number of aliphatic hydroxyl groups is 2. The smallest absolute Gasteiger partial charge is 0.383 e. The van der Waals surface area contributed by atoms with Crippen molar-refractivity contribution in [3.05, 3.63) is 95.1 Å². The Morgan fingerprint density at radius 3 is 1.49 bits per heavy atom. The Labute approximate surface area is 409 Å². The number of amides is 1. The molecular formula is C47H47F6N15O5. The van der Waals surface area contributed by atoms with Gasteiger partial charge in [-0.2, -0.15) is 50.7 Å². The number of nitrogen functional groups attached to an aromatic ring is 2. The summed E-state index contributed by atoms with van der Waals surface area (Å²) in [6.07, 6.45) is -1.73. The standard InChI is InChI=1S/C25H24F3N9O3.C22H23F3N6O2/c1-11(38)18-19(13-6-14-3-4-15(7-13)36(14)24(40)22-31-10-32-35-22)34-23-16(9-33-37(23)21(18)29)12-2-5-17(30-8-12)20(39)25(26,27)28;1-10(32)17-18(12-6-13-3-4-14(7-12)29-13)30-21-15(9-28-31(21)20(17)26)11-2-5-16(27-8-11)19(33)22(23,24)25/h2,5,8-10,13-15,20,39H,3-4,6-7,29H2,1H3,(H,31,32,35);2,5,8-9,12-14,19,29,33H,3-4,6-7,26H2,1H3/t13?,14-,15+,20?;12?,13-,14+,19?. The molecule has 7 aromatic heterocycles. The van der Waals surface area contributed by atoms with E-state index in [2.05, 4.69) is 40.7 Å².